The molecule has 1 heterocycles. The number of methoxy groups -OCH3 is 2. The Balaban J connectivity index is 1.64. The van der Waals surface area contributed by atoms with Crippen LogP contribution in [-0.4, -0.2) is 35.1 Å². The first-order valence-electron chi connectivity index (χ1n) is 8.73. The minimum Gasteiger partial charge on any atom is -0.497 e. The van der Waals surface area contributed by atoms with Crippen molar-refractivity contribution in [3.8, 4) is 11.5 Å². The molecule has 8 heteroatoms. The van der Waals surface area contributed by atoms with E-state index in [0.29, 0.717) is 16.9 Å². The number of H-pyrrole nitrogens is 1. The highest BCUT2D eigenvalue weighted by molar-refractivity contribution is 7.98. The first-order chi connectivity index (χ1) is 13.6. The largest absolute Gasteiger partial charge is 0.497 e. The van der Waals surface area contributed by atoms with E-state index in [-0.39, 0.29) is 0 Å². The molecule has 0 radical (unpaired) electrons. The van der Waals surface area contributed by atoms with Gasteiger partial charge in [0.1, 0.15) is 11.5 Å². The SMILES string of the molecule is COc1ccc(/C(C)=N/Nc2nc(SCc3ccccc3C)n[nH]2)c(OC)c1. The molecule has 0 saturated heterocycles. The van der Waals surface area contributed by atoms with E-state index < -0.39 is 0 Å². The van der Waals surface area contributed by atoms with E-state index >= 15 is 0 Å². The summed E-state index contributed by atoms with van der Waals surface area (Å²) in [5.74, 6) is 2.72. The number of aromatic nitrogens is 3. The van der Waals surface area contributed by atoms with Crippen LogP contribution in [-0.2, 0) is 5.75 Å². The van der Waals surface area contributed by atoms with Gasteiger partial charge in [-0.1, -0.05) is 36.0 Å². The molecule has 1 aromatic heterocycles. The molecular formula is C20H23N5O2S. The van der Waals surface area contributed by atoms with Gasteiger partial charge in [0.25, 0.3) is 0 Å². The lowest BCUT2D eigenvalue weighted by Gasteiger charge is -2.10. The van der Waals surface area contributed by atoms with Crippen LogP contribution in [0.15, 0.2) is 52.7 Å². The number of nitrogens with zero attached hydrogens (tertiary/aromatic N) is 3. The van der Waals surface area contributed by atoms with Gasteiger partial charge in [-0.05, 0) is 37.1 Å². The summed E-state index contributed by atoms with van der Waals surface area (Å²) < 4.78 is 10.6. The van der Waals surface area contributed by atoms with Crippen molar-refractivity contribution in [1.82, 2.24) is 15.2 Å². The lowest BCUT2D eigenvalue weighted by molar-refractivity contribution is 0.394. The van der Waals surface area contributed by atoms with Gasteiger partial charge in [0.2, 0.25) is 11.1 Å². The van der Waals surface area contributed by atoms with Crippen LogP contribution in [0, 0.1) is 6.92 Å². The Bertz CT molecular complexity index is 971. The van der Waals surface area contributed by atoms with Crippen LogP contribution in [0.2, 0.25) is 0 Å². The highest BCUT2D eigenvalue weighted by Gasteiger charge is 2.09. The summed E-state index contributed by atoms with van der Waals surface area (Å²) >= 11 is 1.57. The van der Waals surface area contributed by atoms with E-state index in [4.69, 9.17) is 9.47 Å². The third-order valence-corrected chi connectivity index (χ3v) is 5.11. The van der Waals surface area contributed by atoms with Crippen LogP contribution in [0.3, 0.4) is 0 Å². The Morgan fingerprint density at radius 3 is 2.75 bits per heavy atom. The van der Waals surface area contributed by atoms with E-state index in [0.717, 1.165) is 22.8 Å². The number of anilines is 1. The van der Waals surface area contributed by atoms with E-state index in [9.17, 15) is 0 Å². The van der Waals surface area contributed by atoms with Crippen molar-refractivity contribution in [3.05, 3.63) is 59.2 Å². The smallest absolute Gasteiger partial charge is 0.240 e. The molecule has 0 saturated carbocycles. The number of nitrogens with one attached hydrogen (secondary N) is 2. The quantitative estimate of drug-likeness (QED) is 0.336. The standard InChI is InChI=1S/C20H23N5O2S/c1-13-7-5-6-8-15(13)12-28-20-21-19(24-25-20)23-22-14(2)17-10-9-16(26-3)11-18(17)27-4/h5-11H,12H2,1-4H3,(H2,21,23,24,25)/b22-14+. The summed E-state index contributed by atoms with van der Waals surface area (Å²) in [5.41, 5.74) is 7.06. The van der Waals surface area contributed by atoms with E-state index in [2.05, 4.69) is 44.8 Å². The molecule has 0 bridgehead atoms. The van der Waals surface area contributed by atoms with Gasteiger partial charge in [-0.2, -0.15) is 10.1 Å². The summed E-state index contributed by atoms with van der Waals surface area (Å²) in [6.45, 7) is 3.99. The van der Waals surface area contributed by atoms with E-state index in [1.807, 2.05) is 37.3 Å². The average molecular weight is 398 g/mol. The molecule has 0 fully saturated rings. The van der Waals surface area contributed by atoms with Crippen LogP contribution >= 0.6 is 11.8 Å². The van der Waals surface area contributed by atoms with Gasteiger partial charge >= 0.3 is 0 Å². The van der Waals surface area contributed by atoms with Crippen LogP contribution in [0.25, 0.3) is 0 Å². The summed E-state index contributed by atoms with van der Waals surface area (Å²) in [5, 5.41) is 12.1. The topological polar surface area (TPSA) is 84.4 Å². The normalized spacial score (nSPS) is 11.4. The van der Waals surface area contributed by atoms with Crippen LogP contribution in [0.1, 0.15) is 23.6 Å². The van der Waals surface area contributed by atoms with Gasteiger partial charge in [-0.15, -0.1) is 5.10 Å². The highest BCUT2D eigenvalue weighted by Crippen LogP contribution is 2.25. The van der Waals surface area contributed by atoms with E-state index in [1.54, 1.807) is 26.0 Å². The molecule has 0 aliphatic heterocycles. The minimum atomic E-state index is 0.485. The van der Waals surface area contributed by atoms with Crippen molar-refractivity contribution in [3.63, 3.8) is 0 Å². The summed E-state index contributed by atoms with van der Waals surface area (Å²) in [6.07, 6.45) is 0. The third-order valence-electron chi connectivity index (χ3n) is 4.21. The van der Waals surface area contributed by atoms with Gasteiger partial charge in [0, 0.05) is 17.4 Å². The second-order valence-corrected chi connectivity index (χ2v) is 7.00. The first kappa shape index (κ1) is 19.8. The lowest BCUT2D eigenvalue weighted by atomic mass is 10.1. The summed E-state index contributed by atoms with van der Waals surface area (Å²) in [6, 6.07) is 13.9. The third kappa shape index (κ3) is 4.83. The number of aromatic amines is 1. The molecule has 2 N–H and O–H groups in total. The van der Waals surface area contributed by atoms with Crippen molar-refractivity contribution in [2.45, 2.75) is 24.8 Å². The molecule has 7 nitrogen and oxygen atoms in total. The molecule has 0 unspecified atom stereocenters. The Labute approximate surface area is 168 Å². The summed E-state index contributed by atoms with van der Waals surface area (Å²) in [4.78, 5) is 4.42. The first-order valence-corrected chi connectivity index (χ1v) is 9.71. The maximum atomic E-state index is 5.42. The molecule has 0 spiro atoms. The van der Waals surface area contributed by atoms with Crippen molar-refractivity contribution in [1.29, 1.82) is 0 Å². The van der Waals surface area contributed by atoms with Crippen LogP contribution in [0.4, 0.5) is 5.95 Å². The Hall–Kier alpha value is -3.00. The van der Waals surface area contributed by atoms with Gasteiger partial charge < -0.3 is 9.47 Å². The Morgan fingerprint density at radius 1 is 1.18 bits per heavy atom. The van der Waals surface area contributed by atoms with Gasteiger partial charge in [-0.3, -0.25) is 0 Å². The zero-order valence-electron chi connectivity index (χ0n) is 16.3. The fourth-order valence-electron chi connectivity index (χ4n) is 2.57. The van der Waals surface area contributed by atoms with Gasteiger partial charge in [-0.25, -0.2) is 10.5 Å². The monoisotopic (exact) mass is 397 g/mol. The second-order valence-electron chi connectivity index (χ2n) is 6.06. The summed E-state index contributed by atoms with van der Waals surface area (Å²) in [7, 11) is 3.24. The van der Waals surface area contributed by atoms with Crippen molar-refractivity contribution >= 4 is 23.4 Å². The van der Waals surface area contributed by atoms with Crippen molar-refractivity contribution in [2.75, 3.05) is 19.6 Å². The maximum absolute atomic E-state index is 5.42. The van der Waals surface area contributed by atoms with Crippen molar-refractivity contribution in [2.24, 2.45) is 5.10 Å². The zero-order chi connectivity index (χ0) is 19.9. The predicted octanol–water partition coefficient (Wildman–Crippen LogP) is 4.26. The molecule has 0 aliphatic carbocycles. The highest BCUT2D eigenvalue weighted by atomic mass is 32.2. The fraction of sp³-hybridized carbons (Fsp3) is 0.250. The number of hydrogen-bond donors (Lipinski definition) is 2. The van der Waals surface area contributed by atoms with Crippen molar-refractivity contribution < 1.29 is 9.47 Å². The molecule has 3 aromatic rings. The lowest BCUT2D eigenvalue weighted by Crippen LogP contribution is -2.03. The fourth-order valence-corrected chi connectivity index (χ4v) is 3.44. The molecule has 2 aromatic carbocycles. The number of hydrazone groups is 1. The number of thioether (sulfide) groups is 1. The Morgan fingerprint density at radius 2 is 2.00 bits per heavy atom. The van der Waals surface area contributed by atoms with Gasteiger partial charge in [0.05, 0.1) is 19.9 Å². The van der Waals surface area contributed by atoms with Gasteiger partial charge in [0.15, 0.2) is 0 Å². The average Bonchev–Trinajstić information content (AvgIpc) is 3.18. The minimum absolute atomic E-state index is 0.485. The zero-order valence-corrected chi connectivity index (χ0v) is 17.1. The molecular weight excluding hydrogens is 374 g/mol. The molecule has 0 atom stereocenters. The van der Waals surface area contributed by atoms with Crippen LogP contribution in [0.5, 0.6) is 11.5 Å². The van der Waals surface area contributed by atoms with E-state index in [1.165, 1.54) is 11.1 Å². The number of benzene rings is 2. The molecule has 146 valence electrons. The Kier molecular flexibility index (Phi) is 6.54. The molecule has 3 rings (SSSR count). The van der Waals surface area contributed by atoms with Crippen LogP contribution < -0.4 is 14.9 Å². The number of ether oxygens (including phenoxy) is 2. The molecule has 0 aliphatic rings. The molecule has 0 amide bonds. The maximum Gasteiger partial charge on any atom is 0.240 e. The number of rotatable bonds is 8. The second kappa shape index (κ2) is 9.27. The predicted molar refractivity (Wildman–Crippen MR) is 113 cm³/mol. The number of aryl methyl sites for hydroxylation is 1. The molecule has 28 heavy (non-hydrogen) atoms. The number of hydrogen-bond acceptors (Lipinski definition) is 7.